The minimum Gasteiger partial charge on any atom is -0.382 e. The van der Waals surface area contributed by atoms with Crippen LogP contribution in [0.4, 0.5) is 0 Å². The van der Waals surface area contributed by atoms with Crippen LogP contribution in [-0.4, -0.2) is 40.2 Å². The Bertz CT molecular complexity index is 918. The largest absolute Gasteiger partial charge is 0.382 e. The summed E-state index contributed by atoms with van der Waals surface area (Å²) in [6.07, 6.45) is 2.62. The van der Waals surface area contributed by atoms with Crippen LogP contribution >= 0.6 is 23.8 Å². The fourth-order valence-electron chi connectivity index (χ4n) is 3.32. The molecule has 3 rings (SSSR count). The van der Waals surface area contributed by atoms with E-state index in [1.165, 1.54) is 0 Å². The van der Waals surface area contributed by atoms with Crippen LogP contribution in [0, 0.1) is 13.8 Å². The molecule has 0 atom stereocenters. The van der Waals surface area contributed by atoms with Crippen LogP contribution in [0.5, 0.6) is 0 Å². The molecule has 1 aromatic heterocycles. The zero-order valence-corrected chi connectivity index (χ0v) is 17.9. The zero-order valence-electron chi connectivity index (χ0n) is 16.3. The molecule has 5 nitrogen and oxygen atoms in total. The van der Waals surface area contributed by atoms with Gasteiger partial charge >= 0.3 is 0 Å². The first-order valence-electron chi connectivity index (χ1n) is 9.29. The maximum Gasteiger partial charge on any atom is 0.276 e. The molecule has 1 saturated heterocycles. The van der Waals surface area contributed by atoms with Gasteiger partial charge < -0.3 is 14.6 Å². The molecule has 2 aromatic rings. The van der Waals surface area contributed by atoms with E-state index in [0.717, 1.165) is 29.1 Å². The van der Waals surface area contributed by atoms with Crippen LogP contribution in [0.3, 0.4) is 0 Å². The lowest BCUT2D eigenvalue weighted by atomic mass is 10.2. The Hall–Kier alpha value is -2.15. The van der Waals surface area contributed by atoms with Crippen LogP contribution in [0.25, 0.3) is 11.8 Å². The minimum absolute atomic E-state index is 0.0993. The molecule has 1 aliphatic heterocycles. The van der Waals surface area contributed by atoms with Gasteiger partial charge in [0.05, 0.1) is 0 Å². The summed E-state index contributed by atoms with van der Waals surface area (Å²) < 4.78 is 7.48. The van der Waals surface area contributed by atoms with Gasteiger partial charge in [0.1, 0.15) is 5.70 Å². The number of nitrogens with one attached hydrogen (secondary N) is 1. The fraction of sp³-hybridized carbons (Fsp3) is 0.333. The molecule has 1 aromatic carbocycles. The lowest BCUT2D eigenvalue weighted by Crippen LogP contribution is -2.32. The van der Waals surface area contributed by atoms with E-state index < -0.39 is 0 Å². The average molecular weight is 418 g/mol. The minimum atomic E-state index is -0.0993. The Kier molecular flexibility index (Phi) is 6.54. The lowest BCUT2D eigenvalue weighted by Gasteiger charge is -2.13. The molecule has 0 bridgehead atoms. The van der Waals surface area contributed by atoms with E-state index in [1.54, 1.807) is 4.90 Å². The van der Waals surface area contributed by atoms with E-state index in [1.807, 2.05) is 51.1 Å². The number of aromatic nitrogens is 1. The van der Waals surface area contributed by atoms with E-state index in [0.29, 0.717) is 35.6 Å². The van der Waals surface area contributed by atoms with E-state index >= 15 is 0 Å². The van der Waals surface area contributed by atoms with Gasteiger partial charge in [0.2, 0.25) is 0 Å². The predicted octanol–water partition coefficient (Wildman–Crippen LogP) is 4.23. The van der Waals surface area contributed by atoms with Gasteiger partial charge in [0.15, 0.2) is 5.11 Å². The van der Waals surface area contributed by atoms with Crippen molar-refractivity contribution in [3.63, 3.8) is 0 Å². The number of benzene rings is 1. The predicted molar refractivity (Wildman–Crippen MR) is 117 cm³/mol. The van der Waals surface area contributed by atoms with Crippen LogP contribution < -0.4 is 5.32 Å². The van der Waals surface area contributed by atoms with Crippen molar-refractivity contribution in [1.29, 1.82) is 0 Å². The molecule has 0 spiro atoms. The van der Waals surface area contributed by atoms with Crippen molar-refractivity contribution in [2.75, 3.05) is 19.8 Å². The average Bonchev–Trinajstić information content (AvgIpc) is 3.09. The number of rotatable bonds is 7. The van der Waals surface area contributed by atoms with Gasteiger partial charge in [0.25, 0.3) is 5.91 Å². The van der Waals surface area contributed by atoms with E-state index in [4.69, 9.17) is 28.6 Å². The summed E-state index contributed by atoms with van der Waals surface area (Å²) in [6.45, 7) is 7.86. The van der Waals surface area contributed by atoms with Crippen molar-refractivity contribution < 1.29 is 9.53 Å². The first kappa shape index (κ1) is 20.6. The molecule has 7 heteroatoms. The van der Waals surface area contributed by atoms with Gasteiger partial charge in [-0.3, -0.25) is 9.69 Å². The van der Waals surface area contributed by atoms with Gasteiger partial charge in [-0.15, -0.1) is 0 Å². The highest BCUT2D eigenvalue weighted by molar-refractivity contribution is 7.80. The molecular formula is C21H24ClN3O2S. The normalized spacial score (nSPS) is 15.6. The van der Waals surface area contributed by atoms with Gasteiger partial charge in [0, 0.05) is 41.9 Å². The Morgan fingerprint density at radius 2 is 1.96 bits per heavy atom. The molecule has 0 aliphatic carbocycles. The topological polar surface area (TPSA) is 46.5 Å². The number of carbonyl (C=O) groups is 1. The smallest absolute Gasteiger partial charge is 0.276 e. The van der Waals surface area contributed by atoms with Gasteiger partial charge in [-0.2, -0.15) is 0 Å². The summed E-state index contributed by atoms with van der Waals surface area (Å²) in [5, 5.41) is 4.19. The number of hydrogen-bond donors (Lipinski definition) is 1. The third-order valence-electron chi connectivity index (χ3n) is 4.69. The number of amides is 1. The molecule has 1 amide bonds. The summed E-state index contributed by atoms with van der Waals surface area (Å²) in [4.78, 5) is 14.3. The van der Waals surface area contributed by atoms with Crippen LogP contribution in [0.2, 0.25) is 5.02 Å². The number of ether oxygens (including phenoxy) is 1. The summed E-state index contributed by atoms with van der Waals surface area (Å²) in [5.41, 5.74) is 4.62. The van der Waals surface area contributed by atoms with Crippen molar-refractivity contribution in [2.24, 2.45) is 0 Å². The van der Waals surface area contributed by atoms with Crippen LogP contribution in [-0.2, 0) is 9.53 Å². The number of carbonyl (C=O) groups excluding carboxylic acids is 1. The van der Waals surface area contributed by atoms with Gasteiger partial charge in [-0.1, -0.05) is 11.6 Å². The van der Waals surface area contributed by atoms with Crippen molar-refractivity contribution in [2.45, 2.75) is 27.2 Å². The molecule has 0 radical (unpaired) electrons. The quantitative estimate of drug-likeness (QED) is 0.416. The molecule has 148 valence electrons. The molecular weight excluding hydrogens is 394 g/mol. The van der Waals surface area contributed by atoms with Crippen LogP contribution in [0.15, 0.2) is 36.0 Å². The Morgan fingerprint density at radius 3 is 2.64 bits per heavy atom. The molecule has 1 fully saturated rings. The molecule has 2 heterocycles. The highest BCUT2D eigenvalue weighted by Crippen LogP contribution is 2.25. The number of halogens is 1. The number of hydrogen-bond acceptors (Lipinski definition) is 3. The lowest BCUT2D eigenvalue weighted by molar-refractivity contribution is -0.122. The van der Waals surface area contributed by atoms with Crippen molar-refractivity contribution >= 4 is 40.9 Å². The maximum absolute atomic E-state index is 12.7. The number of aryl methyl sites for hydroxylation is 1. The Labute approximate surface area is 175 Å². The fourth-order valence-corrected chi connectivity index (χ4v) is 3.73. The highest BCUT2D eigenvalue weighted by atomic mass is 35.5. The first-order chi connectivity index (χ1) is 13.4. The van der Waals surface area contributed by atoms with Crippen molar-refractivity contribution in [3.8, 4) is 5.69 Å². The Morgan fingerprint density at radius 1 is 1.25 bits per heavy atom. The summed E-state index contributed by atoms with van der Waals surface area (Å²) in [5.74, 6) is -0.0993. The van der Waals surface area contributed by atoms with E-state index in [9.17, 15) is 4.79 Å². The first-order valence-corrected chi connectivity index (χ1v) is 10.1. The molecule has 28 heavy (non-hydrogen) atoms. The van der Waals surface area contributed by atoms with E-state index in [-0.39, 0.29) is 5.91 Å². The highest BCUT2D eigenvalue weighted by Gasteiger charge is 2.30. The summed E-state index contributed by atoms with van der Waals surface area (Å²) in [6, 6.07) is 9.76. The molecule has 0 unspecified atom stereocenters. The number of nitrogens with zero attached hydrogens (tertiary/aromatic N) is 2. The van der Waals surface area contributed by atoms with Crippen LogP contribution in [0.1, 0.15) is 30.3 Å². The maximum atomic E-state index is 12.7. The zero-order chi connectivity index (χ0) is 20.3. The Balaban J connectivity index is 1.82. The standard InChI is InChI=1S/C21H24ClN3O2S/c1-4-27-11-5-10-24-20(26)19(23-21(24)28)13-16-12-14(2)25(15(16)3)18-8-6-17(22)7-9-18/h6-9,12-13H,4-5,10-11H2,1-3H3,(H,23,28)/b19-13+. The van der Waals surface area contributed by atoms with Crippen molar-refractivity contribution in [1.82, 2.24) is 14.8 Å². The monoisotopic (exact) mass is 417 g/mol. The second-order valence-corrected chi connectivity index (χ2v) is 7.46. The number of thiocarbonyl (C=S) groups is 1. The van der Waals surface area contributed by atoms with Crippen molar-refractivity contribution in [3.05, 3.63) is 58.0 Å². The SMILES string of the molecule is CCOCCCN1C(=O)/C(=C\c2cc(C)n(-c3ccc(Cl)cc3)c2C)NC1=S. The third kappa shape index (κ3) is 4.29. The summed E-state index contributed by atoms with van der Waals surface area (Å²) in [7, 11) is 0. The van der Waals surface area contributed by atoms with Gasteiger partial charge in [-0.25, -0.2) is 0 Å². The third-order valence-corrected chi connectivity index (χ3v) is 5.27. The molecule has 1 N–H and O–H groups in total. The van der Waals surface area contributed by atoms with Gasteiger partial charge in [-0.05, 0) is 81.4 Å². The summed E-state index contributed by atoms with van der Waals surface area (Å²) >= 11 is 11.3. The molecule has 1 aliphatic rings. The van der Waals surface area contributed by atoms with E-state index in [2.05, 4.69) is 16.0 Å². The molecule has 0 saturated carbocycles. The second kappa shape index (κ2) is 8.90. The second-order valence-electron chi connectivity index (χ2n) is 6.63.